The van der Waals surface area contributed by atoms with Crippen LogP contribution in [0.5, 0.6) is 5.75 Å². The van der Waals surface area contributed by atoms with Gasteiger partial charge in [-0.05, 0) is 66.6 Å². The maximum atomic E-state index is 5.52. The van der Waals surface area contributed by atoms with E-state index in [0.717, 1.165) is 22.5 Å². The molecule has 0 saturated carbocycles. The highest BCUT2D eigenvalue weighted by Crippen LogP contribution is 2.30. The van der Waals surface area contributed by atoms with E-state index in [1.54, 1.807) is 0 Å². The molecule has 2 nitrogen and oxygen atoms in total. The van der Waals surface area contributed by atoms with Crippen LogP contribution in [-0.4, -0.2) is 11.6 Å². The van der Waals surface area contributed by atoms with Crippen molar-refractivity contribution >= 4 is 34.1 Å². The Morgan fingerprint density at radius 1 is 0.920 bits per heavy atom. The molecule has 0 aliphatic carbocycles. The summed E-state index contributed by atoms with van der Waals surface area (Å²) in [6, 6.07) is 23.0. The van der Waals surface area contributed by atoms with Gasteiger partial charge in [-0.15, -0.1) is 12.4 Å². The first-order valence-corrected chi connectivity index (χ1v) is 8.28. The van der Waals surface area contributed by atoms with E-state index in [-0.39, 0.29) is 12.4 Å². The van der Waals surface area contributed by atoms with E-state index in [9.17, 15) is 0 Å². The summed E-state index contributed by atoms with van der Waals surface area (Å²) in [5, 5.41) is 3.75. The van der Waals surface area contributed by atoms with Crippen molar-refractivity contribution in [2.24, 2.45) is 0 Å². The van der Waals surface area contributed by atoms with Crippen LogP contribution in [0.3, 0.4) is 0 Å². The molecule has 0 aliphatic rings. The first kappa shape index (κ1) is 17.2. The molecule has 1 heterocycles. The van der Waals surface area contributed by atoms with Gasteiger partial charge in [-0.1, -0.05) is 30.3 Å². The maximum Gasteiger partial charge on any atom is 0.119 e. The number of halogens is 1. The normalized spacial score (nSPS) is 10.6. The number of aryl methyl sites for hydroxylation is 1. The van der Waals surface area contributed by atoms with Crippen LogP contribution < -0.4 is 4.74 Å². The molecule has 0 amide bonds. The van der Waals surface area contributed by atoms with Gasteiger partial charge >= 0.3 is 0 Å². The zero-order chi connectivity index (χ0) is 16.5. The number of nitrogens with zero attached hydrogens (tertiary/aromatic N) is 1. The SMILES string of the molecule is CCOc1ccc(-c2cc(C)c3c(ccc4ccccc43)n2)cc1.Cl. The van der Waals surface area contributed by atoms with Crippen LogP contribution in [0.15, 0.2) is 66.7 Å². The molecule has 0 atom stereocenters. The molecule has 3 heteroatoms. The smallest absolute Gasteiger partial charge is 0.119 e. The number of aromatic nitrogens is 1. The van der Waals surface area contributed by atoms with Crippen molar-refractivity contribution in [3.8, 4) is 17.0 Å². The Kier molecular flexibility index (Phi) is 4.91. The summed E-state index contributed by atoms with van der Waals surface area (Å²) in [6.07, 6.45) is 0. The lowest BCUT2D eigenvalue weighted by molar-refractivity contribution is 0.340. The molecule has 3 aromatic carbocycles. The van der Waals surface area contributed by atoms with Gasteiger partial charge in [0, 0.05) is 10.9 Å². The number of rotatable bonds is 3. The molecule has 0 bridgehead atoms. The highest BCUT2D eigenvalue weighted by atomic mass is 35.5. The lowest BCUT2D eigenvalue weighted by atomic mass is 9.99. The van der Waals surface area contributed by atoms with Gasteiger partial charge in [-0.3, -0.25) is 0 Å². The highest BCUT2D eigenvalue weighted by Gasteiger charge is 2.08. The van der Waals surface area contributed by atoms with Gasteiger partial charge < -0.3 is 4.74 Å². The molecule has 0 unspecified atom stereocenters. The van der Waals surface area contributed by atoms with Crippen LogP contribution in [-0.2, 0) is 0 Å². The van der Waals surface area contributed by atoms with Gasteiger partial charge in [-0.25, -0.2) is 4.98 Å². The van der Waals surface area contributed by atoms with E-state index in [2.05, 4.69) is 61.5 Å². The summed E-state index contributed by atoms with van der Waals surface area (Å²) < 4.78 is 5.52. The van der Waals surface area contributed by atoms with Crippen LogP contribution >= 0.6 is 12.4 Å². The van der Waals surface area contributed by atoms with Crippen molar-refractivity contribution in [2.45, 2.75) is 13.8 Å². The number of ether oxygens (including phenoxy) is 1. The molecule has 0 N–H and O–H groups in total. The summed E-state index contributed by atoms with van der Waals surface area (Å²) in [5.74, 6) is 0.893. The monoisotopic (exact) mass is 349 g/mol. The molecule has 126 valence electrons. The minimum atomic E-state index is 0. The molecule has 0 radical (unpaired) electrons. The molecule has 1 aromatic heterocycles. The van der Waals surface area contributed by atoms with Crippen molar-refractivity contribution in [1.82, 2.24) is 4.98 Å². The second-order valence-corrected chi connectivity index (χ2v) is 5.96. The number of pyridine rings is 1. The quantitative estimate of drug-likeness (QED) is 0.412. The van der Waals surface area contributed by atoms with Crippen LogP contribution in [0.2, 0.25) is 0 Å². The van der Waals surface area contributed by atoms with Crippen LogP contribution in [0.4, 0.5) is 0 Å². The Labute approximate surface area is 153 Å². The van der Waals surface area contributed by atoms with E-state index in [4.69, 9.17) is 9.72 Å². The molecular formula is C22H20ClNO. The average Bonchev–Trinajstić information content (AvgIpc) is 2.62. The predicted octanol–water partition coefficient (Wildman–Crippen LogP) is 6.18. The molecule has 0 aliphatic heterocycles. The molecule has 4 aromatic rings. The average molecular weight is 350 g/mol. The molecule has 0 fully saturated rings. The van der Waals surface area contributed by atoms with Gasteiger partial charge in [0.25, 0.3) is 0 Å². The van der Waals surface area contributed by atoms with Crippen molar-refractivity contribution < 1.29 is 4.74 Å². The zero-order valence-corrected chi connectivity index (χ0v) is 15.1. The number of benzene rings is 3. The van der Waals surface area contributed by atoms with Gasteiger partial charge in [0.1, 0.15) is 5.75 Å². The summed E-state index contributed by atoms with van der Waals surface area (Å²) in [4.78, 5) is 4.89. The molecule has 25 heavy (non-hydrogen) atoms. The molecule has 0 saturated heterocycles. The Balaban J connectivity index is 0.00000182. The van der Waals surface area contributed by atoms with E-state index in [0.29, 0.717) is 6.61 Å². The van der Waals surface area contributed by atoms with E-state index in [1.807, 2.05) is 19.1 Å². The minimum absolute atomic E-state index is 0. The summed E-state index contributed by atoms with van der Waals surface area (Å²) >= 11 is 0. The summed E-state index contributed by atoms with van der Waals surface area (Å²) in [5.41, 5.74) is 4.40. The molecule has 0 spiro atoms. The van der Waals surface area contributed by atoms with Gasteiger partial charge in [0.05, 0.1) is 17.8 Å². The zero-order valence-electron chi connectivity index (χ0n) is 14.3. The second-order valence-electron chi connectivity index (χ2n) is 5.96. The largest absolute Gasteiger partial charge is 0.494 e. The highest BCUT2D eigenvalue weighted by molar-refractivity contribution is 6.08. The Hall–Kier alpha value is -2.58. The fourth-order valence-corrected chi connectivity index (χ4v) is 3.24. The van der Waals surface area contributed by atoms with Crippen molar-refractivity contribution in [1.29, 1.82) is 0 Å². The molecular weight excluding hydrogens is 330 g/mol. The summed E-state index contributed by atoms with van der Waals surface area (Å²) in [7, 11) is 0. The summed E-state index contributed by atoms with van der Waals surface area (Å²) in [6.45, 7) is 4.83. The Morgan fingerprint density at radius 2 is 1.68 bits per heavy atom. The second kappa shape index (κ2) is 7.12. The lowest BCUT2D eigenvalue weighted by Crippen LogP contribution is -1.92. The predicted molar refractivity (Wildman–Crippen MR) is 108 cm³/mol. The van der Waals surface area contributed by atoms with Crippen molar-refractivity contribution in [2.75, 3.05) is 6.61 Å². The third-order valence-corrected chi connectivity index (χ3v) is 4.36. The van der Waals surface area contributed by atoms with Crippen LogP contribution in [0, 0.1) is 6.92 Å². The molecule has 4 rings (SSSR count). The van der Waals surface area contributed by atoms with Gasteiger partial charge in [0.15, 0.2) is 0 Å². The third-order valence-electron chi connectivity index (χ3n) is 4.36. The van der Waals surface area contributed by atoms with Gasteiger partial charge in [0.2, 0.25) is 0 Å². The van der Waals surface area contributed by atoms with Crippen molar-refractivity contribution in [3.05, 3.63) is 72.3 Å². The fraction of sp³-hybridized carbons (Fsp3) is 0.136. The van der Waals surface area contributed by atoms with Crippen molar-refractivity contribution in [3.63, 3.8) is 0 Å². The minimum Gasteiger partial charge on any atom is -0.494 e. The number of hydrogen-bond acceptors (Lipinski definition) is 2. The lowest BCUT2D eigenvalue weighted by Gasteiger charge is -2.10. The Morgan fingerprint density at radius 3 is 2.44 bits per heavy atom. The fourth-order valence-electron chi connectivity index (χ4n) is 3.24. The number of fused-ring (bicyclic) bond motifs is 3. The maximum absolute atomic E-state index is 5.52. The van der Waals surface area contributed by atoms with E-state index in [1.165, 1.54) is 21.7 Å². The third kappa shape index (κ3) is 3.18. The first-order valence-electron chi connectivity index (χ1n) is 8.28. The van der Waals surface area contributed by atoms with Gasteiger partial charge in [-0.2, -0.15) is 0 Å². The van der Waals surface area contributed by atoms with E-state index < -0.39 is 0 Å². The first-order chi connectivity index (χ1) is 11.8. The standard InChI is InChI=1S/C22H19NO.ClH/c1-3-24-18-11-8-17(9-12-18)21-14-15(2)22-19-7-5-4-6-16(19)10-13-20(22)23-21;/h4-14H,3H2,1-2H3;1H. The van der Waals surface area contributed by atoms with Crippen LogP contribution in [0.1, 0.15) is 12.5 Å². The van der Waals surface area contributed by atoms with E-state index >= 15 is 0 Å². The topological polar surface area (TPSA) is 22.1 Å². The van der Waals surface area contributed by atoms with Crippen LogP contribution in [0.25, 0.3) is 32.9 Å². The Bertz CT molecular complexity index is 1030. The number of hydrogen-bond donors (Lipinski definition) is 0.